The normalized spacial score (nSPS) is 13.3. The molecular formula is C69H80F4N18O6. The molecule has 1 atom stereocenters. The van der Waals surface area contributed by atoms with Crippen molar-refractivity contribution < 1.29 is 46.2 Å². The zero-order chi connectivity index (χ0) is 70.0. The van der Waals surface area contributed by atoms with Crippen LogP contribution in [0.3, 0.4) is 0 Å². The number of anilines is 6. The van der Waals surface area contributed by atoms with E-state index >= 15 is 0 Å². The number of halogens is 4. The minimum Gasteiger partial charge on any atom is -0.478 e. The van der Waals surface area contributed by atoms with E-state index in [2.05, 4.69) is 60.3 Å². The Morgan fingerprint density at radius 2 is 0.876 bits per heavy atom. The van der Waals surface area contributed by atoms with Gasteiger partial charge in [0.25, 0.3) is 12.9 Å². The average molecular weight is 1330 g/mol. The number of carbonyl (C=O) groups excluding carboxylic acids is 4. The van der Waals surface area contributed by atoms with Crippen LogP contribution in [0.25, 0.3) is 12.2 Å². The van der Waals surface area contributed by atoms with Crippen molar-refractivity contribution >= 4 is 70.2 Å². The number of hydrogen-bond acceptors (Lipinski definition) is 24. The maximum atomic E-state index is 13.3. The molecule has 0 unspecified atom stereocenters. The lowest BCUT2D eigenvalue weighted by Gasteiger charge is -2.28. The highest BCUT2D eigenvalue weighted by Crippen LogP contribution is 2.30. The van der Waals surface area contributed by atoms with Gasteiger partial charge in [-0.1, -0.05) is 38.2 Å². The van der Waals surface area contributed by atoms with Crippen molar-refractivity contribution in [2.75, 3.05) is 105 Å². The third-order valence-corrected chi connectivity index (χ3v) is 14.7. The standard InChI is InChI=1S/C18H22F2N4O2.2C18H21N5O.C15H16F2N4O2/c1-10(2)8-11(21)9-26-14-6-5-12(17(19)20)15(24-14)16(25)13-4-3-7-23-18(13)22;2*1-2-4-13-6-7-15(23-11-9-20-10-12-23)22-16(13)17(24)14-5-3-8-21-18(14)19;16-14(17)9-4-5-11(23-8-2-6-18)21-12(9)13(22)10-3-1-7-20-15(10)19/h3-7,10-11,17H,8-9,21H2,1-2H3,(H2,22,23);2*2-8,20H,9-12H2,1H3,(H2,19,21);1,3-5,7,14H,2,6,8,18H2,(H2,19,20)/b;4-2+;4-2-;/t11-;;;/m0.../s1. The number of carbonyl (C=O) groups is 4. The Bertz CT molecular complexity index is 3890. The zero-order valence-electron chi connectivity index (χ0n) is 54.3. The number of nitrogens with two attached hydrogens (primary N) is 6. The number of piperazine rings is 2. The van der Waals surface area contributed by atoms with Crippen LogP contribution in [0.2, 0.25) is 0 Å². The van der Waals surface area contributed by atoms with Crippen molar-refractivity contribution in [3.63, 3.8) is 0 Å². The smallest absolute Gasteiger partial charge is 0.266 e. The number of aromatic nitrogens is 8. The Hall–Kier alpha value is -10.7. The first-order valence-electron chi connectivity index (χ1n) is 31.2. The number of allylic oxidation sites excluding steroid dienone is 2. The number of pyridine rings is 8. The number of alkyl halides is 4. The summed E-state index contributed by atoms with van der Waals surface area (Å²) in [5.41, 5.74) is 35.7. The lowest BCUT2D eigenvalue weighted by atomic mass is 10.0. The SMILES string of the molecule is C/C=C/c1ccc(N2CCNCC2)nc1C(=O)c1cccnc1N.C/C=C\c1ccc(N2CCNCC2)nc1C(=O)c1cccnc1N.CC(C)C[C@H](N)COc1ccc(C(F)F)c(C(=O)c2cccnc2N)n1.NCCCOc1ccc(C(F)F)c(C(=O)c2cccnc2N)n1. The number of rotatable bonds is 23. The van der Waals surface area contributed by atoms with E-state index in [1.165, 1.54) is 48.8 Å². The summed E-state index contributed by atoms with van der Waals surface area (Å²) >= 11 is 0. The third kappa shape index (κ3) is 20.7. The number of ketones is 4. The molecule has 8 aromatic rings. The van der Waals surface area contributed by atoms with Crippen molar-refractivity contribution in [1.29, 1.82) is 0 Å². The topological polar surface area (TPSA) is 377 Å². The van der Waals surface area contributed by atoms with Crippen LogP contribution >= 0.6 is 0 Å². The summed E-state index contributed by atoms with van der Waals surface area (Å²) in [7, 11) is 0. The molecule has 0 spiro atoms. The fraction of sp³-hybridized carbons (Fsp3) is 0.304. The Labute approximate surface area is 559 Å². The minimum absolute atomic E-state index is 0.00978. The van der Waals surface area contributed by atoms with E-state index in [1.54, 1.807) is 36.7 Å². The van der Waals surface area contributed by atoms with E-state index in [9.17, 15) is 36.7 Å². The van der Waals surface area contributed by atoms with Crippen LogP contribution in [0.15, 0.2) is 134 Å². The number of nitrogens with one attached hydrogen (secondary N) is 2. The highest BCUT2D eigenvalue weighted by Gasteiger charge is 2.27. The Kier molecular flexibility index (Phi) is 28.0. The summed E-state index contributed by atoms with van der Waals surface area (Å²) < 4.78 is 63.7. The summed E-state index contributed by atoms with van der Waals surface area (Å²) in [6.45, 7) is 15.9. The first-order valence-corrected chi connectivity index (χ1v) is 31.2. The molecule has 28 heteroatoms. The molecule has 10 heterocycles. The number of hydrogen-bond donors (Lipinski definition) is 8. The molecule has 2 aliphatic heterocycles. The molecule has 2 aliphatic rings. The summed E-state index contributed by atoms with van der Waals surface area (Å²) in [4.78, 5) is 88.1. The minimum atomic E-state index is -2.86. The van der Waals surface area contributed by atoms with E-state index in [1.807, 2.05) is 76.3 Å². The number of ether oxygens (including phenoxy) is 2. The van der Waals surface area contributed by atoms with Crippen LogP contribution in [-0.4, -0.2) is 141 Å². The highest BCUT2D eigenvalue weighted by molar-refractivity contribution is 6.14. The molecule has 24 nitrogen and oxygen atoms in total. The zero-order valence-corrected chi connectivity index (χ0v) is 54.3. The Morgan fingerprint density at radius 1 is 0.515 bits per heavy atom. The van der Waals surface area contributed by atoms with Crippen molar-refractivity contribution in [3.05, 3.63) is 201 Å². The van der Waals surface area contributed by atoms with Gasteiger partial charge in [-0.25, -0.2) is 57.4 Å². The lowest BCUT2D eigenvalue weighted by molar-refractivity contribution is 0.101. The van der Waals surface area contributed by atoms with Gasteiger partial charge >= 0.3 is 0 Å². The summed E-state index contributed by atoms with van der Waals surface area (Å²) in [5.74, 6) is 0.646. The van der Waals surface area contributed by atoms with Gasteiger partial charge in [0.2, 0.25) is 34.9 Å². The first kappa shape index (κ1) is 73.7. The van der Waals surface area contributed by atoms with Gasteiger partial charge in [-0.15, -0.1) is 0 Å². The molecule has 0 saturated carbocycles. The summed E-state index contributed by atoms with van der Waals surface area (Å²) in [5, 5.41) is 6.63. The van der Waals surface area contributed by atoms with Crippen molar-refractivity contribution in [1.82, 2.24) is 50.5 Å². The molecule has 0 bridgehead atoms. The van der Waals surface area contributed by atoms with Crippen LogP contribution in [0.5, 0.6) is 11.8 Å². The van der Waals surface area contributed by atoms with Gasteiger partial charge in [0.15, 0.2) is 0 Å². The van der Waals surface area contributed by atoms with E-state index in [0.717, 1.165) is 93.7 Å². The van der Waals surface area contributed by atoms with E-state index in [-0.39, 0.29) is 77.0 Å². The molecule has 0 aliphatic carbocycles. The van der Waals surface area contributed by atoms with Gasteiger partial charge < -0.3 is 64.3 Å². The number of nitrogen functional groups attached to an aromatic ring is 4. The van der Waals surface area contributed by atoms with E-state index in [0.29, 0.717) is 41.4 Å². The molecule has 0 amide bonds. The molecule has 0 aromatic carbocycles. The fourth-order valence-corrected chi connectivity index (χ4v) is 9.91. The van der Waals surface area contributed by atoms with Gasteiger partial charge in [-0.2, -0.15) is 0 Å². The molecule has 0 radical (unpaired) electrons. The van der Waals surface area contributed by atoms with Gasteiger partial charge in [-0.3, -0.25) is 19.2 Å². The molecule has 14 N–H and O–H groups in total. The van der Waals surface area contributed by atoms with Crippen LogP contribution in [-0.2, 0) is 0 Å². The molecule has 510 valence electrons. The van der Waals surface area contributed by atoms with Gasteiger partial charge in [0.05, 0.1) is 28.9 Å². The Balaban J connectivity index is 0.000000182. The second-order valence-electron chi connectivity index (χ2n) is 22.2. The third-order valence-electron chi connectivity index (χ3n) is 14.7. The molecule has 97 heavy (non-hydrogen) atoms. The number of nitrogens with zero attached hydrogens (tertiary/aromatic N) is 10. The van der Waals surface area contributed by atoms with Gasteiger partial charge in [0.1, 0.15) is 64.3 Å². The first-order chi connectivity index (χ1) is 46.7. The van der Waals surface area contributed by atoms with E-state index < -0.39 is 46.9 Å². The van der Waals surface area contributed by atoms with Crippen LogP contribution in [0, 0.1) is 5.92 Å². The second kappa shape index (κ2) is 36.8. The molecule has 10 rings (SSSR count). The largest absolute Gasteiger partial charge is 0.478 e. The monoisotopic (exact) mass is 1330 g/mol. The van der Waals surface area contributed by atoms with Crippen LogP contribution in [0.1, 0.15) is 140 Å². The van der Waals surface area contributed by atoms with Gasteiger partial charge in [0, 0.05) is 118 Å². The quantitative estimate of drug-likeness (QED) is 0.0169. The maximum Gasteiger partial charge on any atom is 0.266 e. The average Bonchev–Trinajstić information content (AvgIpc) is 0.865. The fourth-order valence-electron chi connectivity index (χ4n) is 9.91. The van der Waals surface area contributed by atoms with E-state index in [4.69, 9.17) is 43.9 Å². The molecule has 2 saturated heterocycles. The molecule has 2 fully saturated rings. The van der Waals surface area contributed by atoms with Gasteiger partial charge in [-0.05, 0) is 124 Å². The molecule has 8 aromatic heterocycles. The van der Waals surface area contributed by atoms with Crippen molar-refractivity contribution in [2.45, 2.75) is 59.4 Å². The highest BCUT2D eigenvalue weighted by atomic mass is 19.3. The summed E-state index contributed by atoms with van der Waals surface area (Å²) in [6, 6.07) is 25.0. The Morgan fingerprint density at radius 3 is 1.21 bits per heavy atom. The van der Waals surface area contributed by atoms with Crippen LogP contribution in [0.4, 0.5) is 52.5 Å². The van der Waals surface area contributed by atoms with Crippen LogP contribution < -0.4 is 64.3 Å². The van der Waals surface area contributed by atoms with Crippen molar-refractivity contribution in [2.24, 2.45) is 17.4 Å². The predicted molar refractivity (Wildman–Crippen MR) is 367 cm³/mol. The lowest BCUT2D eigenvalue weighted by Crippen LogP contribution is -2.44. The summed E-state index contributed by atoms with van der Waals surface area (Å²) in [6.07, 6.45) is 9.12. The van der Waals surface area contributed by atoms with Crippen molar-refractivity contribution in [3.8, 4) is 11.8 Å². The molecular weight excluding hydrogens is 1250 g/mol. The predicted octanol–water partition coefficient (Wildman–Crippen LogP) is 8.40. The maximum absolute atomic E-state index is 13.3. The second-order valence-corrected chi connectivity index (χ2v) is 22.2.